The Hall–Kier alpha value is -1.61. The molecule has 0 unspecified atom stereocenters. The molecule has 1 aromatic carbocycles. The van der Waals surface area contributed by atoms with E-state index in [-0.39, 0.29) is 17.5 Å². The van der Waals surface area contributed by atoms with Crippen LogP contribution in [0.2, 0.25) is 0 Å². The minimum Gasteiger partial charge on any atom is -0.458 e. The zero-order valence-electron chi connectivity index (χ0n) is 24.8. The quantitative estimate of drug-likeness (QED) is 0.289. The van der Waals surface area contributed by atoms with E-state index in [1.807, 2.05) is 37.3 Å². The predicted molar refractivity (Wildman–Crippen MR) is 155 cm³/mol. The largest absolute Gasteiger partial charge is 0.458 e. The standard InChI is InChI=1S/C35H52O3/c1-23(2)12-17-31(38-32(36)25-10-8-7-9-11-25)24(3)28-15-16-29-27-14-13-26-22-33(4,37)20-21-34(26,5)30(27)18-19-35(28,29)6/h7-11,13,23-24,27-31,37H,12,14-22H2,1-6H3/t24-,27-,28+,29-,30-,31+,33-,34-,35+/m0/s1. The van der Waals surface area contributed by atoms with Crippen LogP contribution in [0.25, 0.3) is 0 Å². The second-order valence-corrected chi connectivity index (χ2v) is 14.8. The normalized spacial score (nSPS) is 39.9. The van der Waals surface area contributed by atoms with Crippen molar-refractivity contribution in [2.24, 2.45) is 46.3 Å². The second-order valence-electron chi connectivity index (χ2n) is 14.8. The van der Waals surface area contributed by atoms with Gasteiger partial charge in [-0.25, -0.2) is 4.79 Å². The lowest BCUT2D eigenvalue weighted by atomic mass is 9.46. The van der Waals surface area contributed by atoms with Crippen LogP contribution in [0.15, 0.2) is 42.0 Å². The van der Waals surface area contributed by atoms with Crippen molar-refractivity contribution in [3.63, 3.8) is 0 Å². The van der Waals surface area contributed by atoms with Gasteiger partial charge in [0.2, 0.25) is 0 Å². The lowest BCUT2D eigenvalue weighted by Gasteiger charge is -2.59. The van der Waals surface area contributed by atoms with E-state index >= 15 is 0 Å². The summed E-state index contributed by atoms with van der Waals surface area (Å²) in [6, 6.07) is 9.53. The molecule has 3 heteroatoms. The summed E-state index contributed by atoms with van der Waals surface area (Å²) in [6.07, 6.45) is 13.8. The van der Waals surface area contributed by atoms with Gasteiger partial charge in [0.05, 0.1) is 11.2 Å². The Morgan fingerprint density at radius 3 is 2.42 bits per heavy atom. The van der Waals surface area contributed by atoms with E-state index in [1.54, 1.807) is 5.57 Å². The van der Waals surface area contributed by atoms with Crippen LogP contribution in [0.4, 0.5) is 0 Å². The highest BCUT2D eigenvalue weighted by molar-refractivity contribution is 5.89. The van der Waals surface area contributed by atoms with E-state index in [0.717, 1.165) is 49.9 Å². The van der Waals surface area contributed by atoms with Crippen molar-refractivity contribution in [1.29, 1.82) is 0 Å². The molecule has 4 aliphatic carbocycles. The fourth-order valence-electron chi connectivity index (χ4n) is 9.67. The minimum absolute atomic E-state index is 0.0284. The number of ether oxygens (including phenoxy) is 1. The number of hydrogen-bond acceptors (Lipinski definition) is 3. The van der Waals surface area contributed by atoms with Gasteiger partial charge in [0.25, 0.3) is 0 Å². The van der Waals surface area contributed by atoms with Crippen LogP contribution < -0.4 is 0 Å². The van der Waals surface area contributed by atoms with Gasteiger partial charge in [-0.05, 0) is 130 Å². The van der Waals surface area contributed by atoms with Crippen LogP contribution in [0.1, 0.15) is 116 Å². The van der Waals surface area contributed by atoms with Gasteiger partial charge in [-0.15, -0.1) is 0 Å². The van der Waals surface area contributed by atoms with Gasteiger partial charge in [-0.3, -0.25) is 0 Å². The van der Waals surface area contributed by atoms with Gasteiger partial charge in [0.15, 0.2) is 0 Å². The van der Waals surface area contributed by atoms with Crippen molar-refractivity contribution in [1.82, 2.24) is 0 Å². The lowest BCUT2D eigenvalue weighted by Crippen LogP contribution is -2.52. The summed E-state index contributed by atoms with van der Waals surface area (Å²) < 4.78 is 6.33. The zero-order valence-corrected chi connectivity index (χ0v) is 24.8. The number of allylic oxidation sites excluding steroid dienone is 1. The summed E-state index contributed by atoms with van der Waals surface area (Å²) in [6.45, 7) is 14.1. The molecule has 3 saturated carbocycles. The molecule has 3 fully saturated rings. The number of aliphatic hydroxyl groups is 1. The van der Waals surface area contributed by atoms with Gasteiger partial charge in [0, 0.05) is 0 Å². The average Bonchev–Trinajstić information content (AvgIpc) is 3.24. The fourth-order valence-corrected chi connectivity index (χ4v) is 9.67. The molecule has 38 heavy (non-hydrogen) atoms. The van der Waals surface area contributed by atoms with Gasteiger partial charge >= 0.3 is 5.97 Å². The molecule has 0 radical (unpaired) electrons. The molecule has 4 aliphatic rings. The molecular weight excluding hydrogens is 468 g/mol. The molecule has 0 bridgehead atoms. The molecular formula is C35H52O3. The number of hydrogen-bond donors (Lipinski definition) is 1. The first-order valence-electron chi connectivity index (χ1n) is 15.6. The highest BCUT2D eigenvalue weighted by atomic mass is 16.5. The smallest absolute Gasteiger partial charge is 0.338 e. The zero-order chi connectivity index (χ0) is 27.3. The fraction of sp³-hybridized carbons (Fsp3) is 0.743. The Kier molecular flexibility index (Phi) is 7.66. The molecule has 0 amide bonds. The van der Waals surface area contributed by atoms with Crippen LogP contribution in [0.3, 0.4) is 0 Å². The first-order valence-corrected chi connectivity index (χ1v) is 15.6. The van der Waals surface area contributed by atoms with Crippen LogP contribution in [-0.4, -0.2) is 22.8 Å². The molecule has 0 aliphatic heterocycles. The summed E-state index contributed by atoms with van der Waals surface area (Å²) >= 11 is 0. The molecule has 1 aromatic rings. The Bertz CT molecular complexity index is 1020. The summed E-state index contributed by atoms with van der Waals surface area (Å²) in [4.78, 5) is 13.1. The number of benzene rings is 1. The van der Waals surface area contributed by atoms with Crippen molar-refractivity contribution >= 4 is 5.97 Å². The average molecular weight is 521 g/mol. The van der Waals surface area contributed by atoms with Crippen LogP contribution >= 0.6 is 0 Å². The molecule has 5 rings (SSSR count). The number of carbonyl (C=O) groups is 1. The second kappa shape index (κ2) is 10.4. The molecule has 0 spiro atoms. The predicted octanol–water partition coefficient (Wildman–Crippen LogP) is 8.61. The monoisotopic (exact) mass is 520 g/mol. The highest BCUT2D eigenvalue weighted by Crippen LogP contribution is 2.67. The maximum absolute atomic E-state index is 13.1. The van der Waals surface area contributed by atoms with E-state index in [1.165, 1.54) is 32.1 Å². The Morgan fingerprint density at radius 2 is 1.71 bits per heavy atom. The number of carbonyl (C=O) groups excluding carboxylic acids is 1. The molecule has 0 heterocycles. The summed E-state index contributed by atoms with van der Waals surface area (Å²) in [7, 11) is 0. The first kappa shape index (κ1) is 27.9. The van der Waals surface area contributed by atoms with Crippen molar-refractivity contribution in [3.05, 3.63) is 47.5 Å². The maximum Gasteiger partial charge on any atom is 0.338 e. The number of fused-ring (bicyclic) bond motifs is 5. The molecule has 3 nitrogen and oxygen atoms in total. The van der Waals surface area contributed by atoms with E-state index in [2.05, 4.69) is 40.7 Å². The SMILES string of the molecule is CC(C)CC[C@@H](OC(=O)c1ccccc1)[C@@H](C)[C@H]1CC[C@H]2[C@@H]3CC=C4C[C@@](C)(O)CC[C@]4(C)[C@H]3CC[C@]12C. The van der Waals surface area contributed by atoms with E-state index in [9.17, 15) is 9.90 Å². The summed E-state index contributed by atoms with van der Waals surface area (Å²) in [5, 5.41) is 10.8. The van der Waals surface area contributed by atoms with Crippen molar-refractivity contribution in [2.75, 3.05) is 0 Å². The first-order chi connectivity index (χ1) is 17.9. The minimum atomic E-state index is -0.530. The lowest BCUT2D eigenvalue weighted by molar-refractivity contribution is -0.0798. The van der Waals surface area contributed by atoms with E-state index in [4.69, 9.17) is 4.74 Å². The molecule has 0 saturated heterocycles. The van der Waals surface area contributed by atoms with Crippen molar-refractivity contribution < 1.29 is 14.6 Å². The van der Waals surface area contributed by atoms with Gasteiger partial charge in [-0.1, -0.05) is 64.5 Å². The van der Waals surface area contributed by atoms with Gasteiger partial charge in [0.1, 0.15) is 6.10 Å². The summed E-state index contributed by atoms with van der Waals surface area (Å²) in [5.74, 6) is 3.65. The van der Waals surface area contributed by atoms with Gasteiger partial charge < -0.3 is 9.84 Å². The van der Waals surface area contributed by atoms with Crippen LogP contribution in [-0.2, 0) is 4.74 Å². The molecule has 210 valence electrons. The van der Waals surface area contributed by atoms with Crippen molar-refractivity contribution in [2.45, 2.75) is 117 Å². The third kappa shape index (κ3) is 5.02. The van der Waals surface area contributed by atoms with Crippen molar-refractivity contribution in [3.8, 4) is 0 Å². The Labute approximate surface area is 231 Å². The maximum atomic E-state index is 13.1. The van der Waals surface area contributed by atoms with Gasteiger partial charge in [-0.2, -0.15) is 0 Å². The Balaban J connectivity index is 1.35. The van der Waals surface area contributed by atoms with Crippen LogP contribution in [0, 0.1) is 46.3 Å². The summed E-state index contributed by atoms with van der Waals surface area (Å²) in [5.41, 5.74) is 2.26. The highest BCUT2D eigenvalue weighted by Gasteiger charge is 2.60. The number of esters is 1. The third-order valence-corrected chi connectivity index (χ3v) is 12.0. The Morgan fingerprint density at radius 1 is 0.974 bits per heavy atom. The molecule has 9 atom stereocenters. The van der Waals surface area contributed by atoms with Crippen LogP contribution in [0.5, 0.6) is 0 Å². The third-order valence-electron chi connectivity index (χ3n) is 12.0. The number of rotatable bonds is 7. The van der Waals surface area contributed by atoms with E-state index < -0.39 is 5.60 Å². The van der Waals surface area contributed by atoms with E-state index in [0.29, 0.717) is 28.7 Å². The topological polar surface area (TPSA) is 46.5 Å². The molecule has 1 N–H and O–H groups in total. The molecule has 0 aromatic heterocycles.